The van der Waals surface area contributed by atoms with Gasteiger partial charge in [-0.2, -0.15) is 0 Å². The van der Waals surface area contributed by atoms with Crippen LogP contribution in [0, 0.1) is 0 Å². The van der Waals surface area contributed by atoms with Gasteiger partial charge in [-0.1, -0.05) is 33.6 Å². The normalized spacial score (nSPS) is 14.7. The van der Waals surface area contributed by atoms with Crippen molar-refractivity contribution in [1.29, 1.82) is 0 Å². The van der Waals surface area contributed by atoms with Crippen molar-refractivity contribution in [3.63, 3.8) is 0 Å². The van der Waals surface area contributed by atoms with E-state index in [0.29, 0.717) is 32.2 Å². The lowest BCUT2D eigenvalue weighted by Crippen LogP contribution is -2.30. The molecule has 1 heterocycles. The fourth-order valence-electron chi connectivity index (χ4n) is 2.67. The molecule has 1 N–H and O–H groups in total. The zero-order valence-corrected chi connectivity index (χ0v) is 18.2. The Labute approximate surface area is 185 Å². The number of ether oxygens (including phenoxy) is 3. The first kappa shape index (κ1) is 21.7. The van der Waals surface area contributed by atoms with Gasteiger partial charge in [-0.3, -0.25) is 4.79 Å². The topological polar surface area (TPSA) is 94.2 Å². The number of nitrogens with zero attached hydrogens (tertiary/aromatic N) is 1. The van der Waals surface area contributed by atoms with Crippen molar-refractivity contribution >= 4 is 57.2 Å². The molecular weight excluding hydrogens is 480 g/mol. The molecule has 0 spiro atoms. The van der Waals surface area contributed by atoms with Crippen molar-refractivity contribution in [1.82, 2.24) is 5.32 Å². The van der Waals surface area contributed by atoms with Crippen LogP contribution in [0.15, 0.2) is 46.6 Å². The van der Waals surface area contributed by atoms with Crippen LogP contribution in [0.4, 0.5) is 10.5 Å². The van der Waals surface area contributed by atoms with Gasteiger partial charge < -0.3 is 19.5 Å². The first-order valence-corrected chi connectivity index (χ1v) is 9.71. The van der Waals surface area contributed by atoms with Crippen LogP contribution in [-0.4, -0.2) is 38.7 Å². The quantitative estimate of drug-likeness (QED) is 0.373. The molecule has 0 unspecified atom stereocenters. The van der Waals surface area contributed by atoms with Gasteiger partial charge in [0.1, 0.15) is 5.70 Å². The van der Waals surface area contributed by atoms with Crippen LogP contribution in [0.3, 0.4) is 0 Å². The van der Waals surface area contributed by atoms with E-state index in [1.807, 2.05) is 0 Å². The summed E-state index contributed by atoms with van der Waals surface area (Å²) in [6.07, 6.45) is 1.50. The summed E-state index contributed by atoms with van der Waals surface area (Å²) < 4.78 is 15.8. The third-order valence-electron chi connectivity index (χ3n) is 4.10. The van der Waals surface area contributed by atoms with Gasteiger partial charge in [-0.15, -0.1) is 0 Å². The maximum Gasteiger partial charge on any atom is 0.343 e. The summed E-state index contributed by atoms with van der Waals surface area (Å²) in [7, 11) is 2.70. The second-order valence-electron chi connectivity index (χ2n) is 6.00. The number of anilines is 1. The van der Waals surface area contributed by atoms with Crippen molar-refractivity contribution in [3.8, 4) is 11.5 Å². The molecule has 0 saturated carbocycles. The SMILES string of the molecule is COC(=O)COc1cc(Br)c(/C=C2/NC(=O)N(c3cccc(Cl)c3)C2=O)cc1OC. The summed E-state index contributed by atoms with van der Waals surface area (Å²) in [6, 6.07) is 9.03. The van der Waals surface area contributed by atoms with Crippen LogP contribution in [0.5, 0.6) is 11.5 Å². The van der Waals surface area contributed by atoms with Crippen molar-refractivity contribution in [2.24, 2.45) is 0 Å². The Morgan fingerprint density at radius 3 is 2.63 bits per heavy atom. The number of amides is 3. The second kappa shape index (κ2) is 9.19. The van der Waals surface area contributed by atoms with E-state index < -0.39 is 17.9 Å². The highest BCUT2D eigenvalue weighted by molar-refractivity contribution is 9.10. The lowest BCUT2D eigenvalue weighted by atomic mass is 10.1. The molecule has 3 rings (SSSR count). The van der Waals surface area contributed by atoms with Gasteiger partial charge in [-0.25, -0.2) is 14.5 Å². The molecule has 30 heavy (non-hydrogen) atoms. The smallest absolute Gasteiger partial charge is 0.343 e. The number of esters is 1. The molecule has 1 aliphatic heterocycles. The van der Waals surface area contributed by atoms with Gasteiger partial charge in [0.15, 0.2) is 18.1 Å². The van der Waals surface area contributed by atoms with Gasteiger partial charge in [0.2, 0.25) is 0 Å². The number of methoxy groups -OCH3 is 2. The number of nitrogens with one attached hydrogen (secondary N) is 1. The Kier molecular flexibility index (Phi) is 6.63. The zero-order chi connectivity index (χ0) is 21.8. The predicted octanol–water partition coefficient (Wildman–Crippen LogP) is 3.76. The number of hydrogen-bond donors (Lipinski definition) is 1. The Hall–Kier alpha value is -3.04. The summed E-state index contributed by atoms with van der Waals surface area (Å²) in [6.45, 7) is -0.289. The van der Waals surface area contributed by atoms with E-state index in [9.17, 15) is 14.4 Å². The summed E-state index contributed by atoms with van der Waals surface area (Å²) >= 11 is 9.36. The molecule has 3 amide bonds. The lowest BCUT2D eigenvalue weighted by Gasteiger charge is -2.12. The van der Waals surface area contributed by atoms with Gasteiger partial charge in [0.25, 0.3) is 5.91 Å². The Bertz CT molecular complexity index is 1060. The highest BCUT2D eigenvalue weighted by Crippen LogP contribution is 2.35. The summed E-state index contributed by atoms with van der Waals surface area (Å²) in [5.74, 6) is -0.435. The monoisotopic (exact) mass is 494 g/mol. The maximum absolute atomic E-state index is 12.8. The van der Waals surface area contributed by atoms with Crippen LogP contribution in [0.1, 0.15) is 5.56 Å². The van der Waals surface area contributed by atoms with Crippen molar-refractivity contribution in [2.75, 3.05) is 25.7 Å². The molecule has 0 atom stereocenters. The van der Waals surface area contributed by atoms with E-state index in [4.69, 9.17) is 21.1 Å². The van der Waals surface area contributed by atoms with Gasteiger partial charge in [-0.05, 0) is 42.0 Å². The molecule has 156 valence electrons. The van der Waals surface area contributed by atoms with Crippen LogP contribution >= 0.6 is 27.5 Å². The minimum absolute atomic E-state index is 0.0750. The average molecular weight is 496 g/mol. The van der Waals surface area contributed by atoms with Crippen molar-refractivity contribution in [2.45, 2.75) is 0 Å². The minimum atomic E-state index is -0.588. The van der Waals surface area contributed by atoms with Gasteiger partial charge in [0.05, 0.1) is 19.9 Å². The lowest BCUT2D eigenvalue weighted by molar-refractivity contribution is -0.142. The number of halogens is 2. The third kappa shape index (κ3) is 4.58. The first-order chi connectivity index (χ1) is 14.3. The molecule has 1 aliphatic rings. The zero-order valence-electron chi connectivity index (χ0n) is 15.9. The molecule has 0 aliphatic carbocycles. The predicted molar refractivity (Wildman–Crippen MR) is 114 cm³/mol. The van der Waals surface area contributed by atoms with Crippen LogP contribution in [0.25, 0.3) is 6.08 Å². The number of rotatable bonds is 6. The van der Waals surface area contributed by atoms with Crippen LogP contribution in [-0.2, 0) is 14.3 Å². The number of imide groups is 1. The highest BCUT2D eigenvalue weighted by atomic mass is 79.9. The Morgan fingerprint density at radius 1 is 1.20 bits per heavy atom. The molecule has 10 heteroatoms. The van der Waals surface area contributed by atoms with E-state index in [-0.39, 0.29) is 12.3 Å². The maximum atomic E-state index is 12.8. The molecule has 0 aromatic heterocycles. The third-order valence-corrected chi connectivity index (χ3v) is 5.02. The number of hydrogen-bond acceptors (Lipinski definition) is 6. The Morgan fingerprint density at radius 2 is 1.97 bits per heavy atom. The summed E-state index contributed by atoms with van der Waals surface area (Å²) in [5, 5.41) is 2.95. The molecule has 0 radical (unpaired) electrons. The number of carbonyl (C=O) groups is 3. The number of carbonyl (C=O) groups excluding carboxylic acids is 3. The second-order valence-corrected chi connectivity index (χ2v) is 7.29. The molecule has 1 fully saturated rings. The van der Waals surface area contributed by atoms with Crippen LogP contribution in [0.2, 0.25) is 5.02 Å². The van der Waals surface area contributed by atoms with Crippen molar-refractivity contribution in [3.05, 3.63) is 57.2 Å². The van der Waals surface area contributed by atoms with E-state index >= 15 is 0 Å². The van der Waals surface area contributed by atoms with Crippen LogP contribution < -0.4 is 19.7 Å². The standard InChI is InChI=1S/C20H16BrClN2O6/c1-28-16-7-11(14(21)9-17(16)30-10-18(25)29-2)6-15-19(26)24(20(27)23-15)13-5-3-4-12(22)8-13/h3-9H,10H2,1-2H3,(H,23,27)/b15-6+. The number of urea groups is 1. The highest BCUT2D eigenvalue weighted by Gasteiger charge is 2.35. The van der Waals surface area contributed by atoms with E-state index in [1.165, 1.54) is 26.4 Å². The summed E-state index contributed by atoms with van der Waals surface area (Å²) in [4.78, 5) is 37.4. The van der Waals surface area contributed by atoms with Gasteiger partial charge >= 0.3 is 12.0 Å². The Balaban J connectivity index is 1.90. The van der Waals surface area contributed by atoms with E-state index in [2.05, 4.69) is 26.0 Å². The van der Waals surface area contributed by atoms with Gasteiger partial charge in [0, 0.05) is 9.50 Å². The number of benzene rings is 2. The van der Waals surface area contributed by atoms with Crippen molar-refractivity contribution < 1.29 is 28.6 Å². The fraction of sp³-hybridized carbons (Fsp3) is 0.150. The molecular formula is C20H16BrClN2O6. The molecule has 2 aromatic carbocycles. The fourth-order valence-corrected chi connectivity index (χ4v) is 3.29. The molecule has 1 saturated heterocycles. The minimum Gasteiger partial charge on any atom is -0.493 e. The summed E-state index contributed by atoms with van der Waals surface area (Å²) in [5.41, 5.74) is 0.983. The largest absolute Gasteiger partial charge is 0.493 e. The average Bonchev–Trinajstić information content (AvgIpc) is 3.00. The first-order valence-electron chi connectivity index (χ1n) is 8.54. The van der Waals surface area contributed by atoms with E-state index in [0.717, 1.165) is 4.90 Å². The van der Waals surface area contributed by atoms with E-state index in [1.54, 1.807) is 30.3 Å². The molecule has 2 aromatic rings. The molecule has 8 nitrogen and oxygen atoms in total. The molecule has 0 bridgehead atoms.